The summed E-state index contributed by atoms with van der Waals surface area (Å²) in [4.78, 5) is 20.9. The van der Waals surface area contributed by atoms with Crippen LogP contribution >= 0.6 is 0 Å². The molecule has 116 valence electrons. The molecule has 0 unspecified atom stereocenters. The number of nitrogens with zero attached hydrogens (tertiary/aromatic N) is 1. The maximum absolute atomic E-state index is 12.6. The topological polar surface area (TPSA) is 98.3 Å². The molecule has 0 aliphatic rings. The Kier molecular flexibility index (Phi) is 4.45. The summed E-state index contributed by atoms with van der Waals surface area (Å²) < 4.78 is 37.7. The molecule has 1 rings (SSSR count). The molecular formula is C12H14F3N3O3. The Hall–Kier alpha value is -2.32. The summed E-state index contributed by atoms with van der Waals surface area (Å²) >= 11 is 0. The maximum atomic E-state index is 12.6. The molecule has 21 heavy (non-hydrogen) atoms. The van der Waals surface area contributed by atoms with E-state index in [-0.39, 0.29) is 12.1 Å². The molecule has 0 heterocycles. The number of carbonyl (C=O) groups is 1. The minimum Gasteiger partial charge on any atom is -0.374 e. The predicted octanol–water partition coefficient (Wildman–Crippen LogP) is 2.68. The number of nitro benzene ring substituents is 1. The summed E-state index contributed by atoms with van der Waals surface area (Å²) in [7, 11) is 0. The maximum Gasteiger partial charge on any atom is 0.416 e. The second-order valence-electron chi connectivity index (χ2n) is 5.14. The molecule has 0 radical (unpaired) electrons. The first-order valence-corrected chi connectivity index (χ1v) is 5.84. The summed E-state index contributed by atoms with van der Waals surface area (Å²) in [5, 5.41) is 13.6. The van der Waals surface area contributed by atoms with Crippen molar-refractivity contribution >= 4 is 17.3 Å². The molecule has 0 bridgehead atoms. The van der Waals surface area contributed by atoms with Gasteiger partial charge < -0.3 is 11.1 Å². The normalized spacial score (nSPS) is 12.0. The molecule has 1 aromatic rings. The Morgan fingerprint density at radius 3 is 2.38 bits per heavy atom. The second kappa shape index (κ2) is 5.58. The van der Waals surface area contributed by atoms with Crippen molar-refractivity contribution in [3.8, 4) is 0 Å². The number of carbonyl (C=O) groups excluding carboxylic acids is 1. The Balaban J connectivity index is 3.19. The molecule has 3 N–H and O–H groups in total. The third-order valence-corrected chi connectivity index (χ3v) is 2.61. The van der Waals surface area contributed by atoms with Gasteiger partial charge in [0.2, 0.25) is 5.91 Å². The van der Waals surface area contributed by atoms with E-state index in [1.165, 1.54) is 0 Å². The minimum atomic E-state index is -4.67. The van der Waals surface area contributed by atoms with Crippen molar-refractivity contribution in [3.05, 3.63) is 33.9 Å². The quantitative estimate of drug-likeness (QED) is 0.645. The third-order valence-electron chi connectivity index (χ3n) is 2.61. The van der Waals surface area contributed by atoms with E-state index in [2.05, 4.69) is 5.32 Å². The van der Waals surface area contributed by atoms with Gasteiger partial charge >= 0.3 is 6.18 Å². The van der Waals surface area contributed by atoms with Crippen LogP contribution in [0, 0.1) is 10.1 Å². The molecule has 0 saturated carbocycles. The Morgan fingerprint density at radius 1 is 1.38 bits per heavy atom. The van der Waals surface area contributed by atoms with Crippen molar-refractivity contribution < 1.29 is 22.9 Å². The largest absolute Gasteiger partial charge is 0.416 e. The number of hydrogen-bond donors (Lipinski definition) is 2. The fourth-order valence-electron chi connectivity index (χ4n) is 1.81. The smallest absolute Gasteiger partial charge is 0.374 e. The van der Waals surface area contributed by atoms with Crippen LogP contribution in [-0.2, 0) is 11.0 Å². The van der Waals surface area contributed by atoms with Gasteiger partial charge in [0.1, 0.15) is 5.69 Å². The van der Waals surface area contributed by atoms with Crippen LogP contribution in [0.1, 0.15) is 25.8 Å². The van der Waals surface area contributed by atoms with Gasteiger partial charge in [-0.25, -0.2) is 0 Å². The summed E-state index contributed by atoms with van der Waals surface area (Å²) in [5.74, 6) is -0.637. The number of nitro groups is 1. The molecule has 0 saturated heterocycles. The van der Waals surface area contributed by atoms with Crippen molar-refractivity contribution in [2.24, 2.45) is 5.73 Å². The fraction of sp³-hybridized carbons (Fsp3) is 0.417. The van der Waals surface area contributed by atoms with Crippen molar-refractivity contribution in [1.29, 1.82) is 0 Å². The van der Waals surface area contributed by atoms with Crippen molar-refractivity contribution in [1.82, 2.24) is 0 Å². The lowest BCUT2D eigenvalue weighted by atomic mass is 9.99. The lowest BCUT2D eigenvalue weighted by Gasteiger charge is -2.26. The molecule has 6 nitrogen and oxygen atoms in total. The van der Waals surface area contributed by atoms with E-state index in [9.17, 15) is 28.1 Å². The zero-order valence-electron chi connectivity index (χ0n) is 11.3. The highest BCUT2D eigenvalue weighted by molar-refractivity contribution is 5.76. The summed E-state index contributed by atoms with van der Waals surface area (Å²) in [6, 6.07) is 2.14. The molecule has 0 fully saturated rings. The molecule has 0 aliphatic carbocycles. The molecule has 9 heteroatoms. The number of rotatable bonds is 5. The highest BCUT2D eigenvalue weighted by Gasteiger charge is 2.34. The number of primary amides is 1. The molecule has 0 aromatic heterocycles. The molecule has 0 atom stereocenters. The van der Waals surface area contributed by atoms with Gasteiger partial charge in [-0.1, -0.05) is 0 Å². The van der Waals surface area contributed by atoms with Crippen molar-refractivity contribution in [2.45, 2.75) is 32.0 Å². The van der Waals surface area contributed by atoms with Crippen LogP contribution in [0.3, 0.4) is 0 Å². The molecule has 1 aromatic carbocycles. The van der Waals surface area contributed by atoms with Crippen LogP contribution in [0.15, 0.2) is 18.2 Å². The SMILES string of the molecule is CC(C)(CC(N)=O)Nc1ccc(C(F)(F)F)cc1[N+](=O)[O-]. The average molecular weight is 305 g/mol. The fourth-order valence-corrected chi connectivity index (χ4v) is 1.81. The number of alkyl halides is 3. The standard InChI is InChI=1S/C12H14F3N3O3/c1-11(2,6-10(16)19)17-8-4-3-7(12(13,14)15)5-9(8)18(20)21/h3-5,17H,6H2,1-2H3,(H2,16,19). The van der Waals surface area contributed by atoms with E-state index in [0.29, 0.717) is 6.07 Å². The van der Waals surface area contributed by atoms with Gasteiger partial charge in [-0.05, 0) is 26.0 Å². The first-order chi connectivity index (χ1) is 9.42. The van der Waals surface area contributed by atoms with Crippen molar-refractivity contribution in [2.75, 3.05) is 5.32 Å². The molecule has 0 spiro atoms. The first-order valence-electron chi connectivity index (χ1n) is 5.84. The number of amides is 1. The average Bonchev–Trinajstić information content (AvgIpc) is 2.24. The van der Waals surface area contributed by atoms with E-state index < -0.39 is 33.8 Å². The van der Waals surface area contributed by atoms with Gasteiger partial charge in [0, 0.05) is 18.0 Å². The van der Waals surface area contributed by atoms with E-state index in [0.717, 1.165) is 12.1 Å². The Morgan fingerprint density at radius 2 is 1.95 bits per heavy atom. The van der Waals surface area contributed by atoms with Crippen LogP contribution in [0.4, 0.5) is 24.5 Å². The van der Waals surface area contributed by atoms with Gasteiger partial charge in [-0.3, -0.25) is 14.9 Å². The number of halogens is 3. The summed E-state index contributed by atoms with van der Waals surface area (Å²) in [5.41, 5.74) is 2.17. The van der Waals surface area contributed by atoms with Crippen LogP contribution < -0.4 is 11.1 Å². The highest BCUT2D eigenvalue weighted by atomic mass is 19.4. The van der Waals surface area contributed by atoms with Crippen LogP contribution in [-0.4, -0.2) is 16.4 Å². The van der Waals surface area contributed by atoms with Crippen LogP contribution in [0.2, 0.25) is 0 Å². The van der Waals surface area contributed by atoms with Gasteiger partial charge in [0.25, 0.3) is 5.69 Å². The lowest BCUT2D eigenvalue weighted by Crippen LogP contribution is -2.36. The highest BCUT2D eigenvalue weighted by Crippen LogP contribution is 2.36. The Bertz CT molecular complexity index is 571. The number of anilines is 1. The zero-order valence-corrected chi connectivity index (χ0v) is 11.3. The van der Waals surface area contributed by atoms with Crippen molar-refractivity contribution in [3.63, 3.8) is 0 Å². The van der Waals surface area contributed by atoms with Crippen LogP contribution in [0.5, 0.6) is 0 Å². The summed E-state index contributed by atoms with van der Waals surface area (Å²) in [6.45, 7) is 3.11. The zero-order chi connectivity index (χ0) is 16.4. The third kappa shape index (κ3) is 4.62. The van der Waals surface area contributed by atoms with Gasteiger partial charge in [-0.2, -0.15) is 13.2 Å². The summed E-state index contributed by atoms with van der Waals surface area (Å²) in [6.07, 6.45) is -4.81. The molecule has 1 amide bonds. The van der Waals surface area contributed by atoms with E-state index in [4.69, 9.17) is 5.73 Å². The monoisotopic (exact) mass is 305 g/mol. The Labute approximate surface area is 118 Å². The van der Waals surface area contributed by atoms with Crippen LogP contribution in [0.25, 0.3) is 0 Å². The number of hydrogen-bond acceptors (Lipinski definition) is 4. The number of nitrogens with two attached hydrogens (primary N) is 1. The molecular weight excluding hydrogens is 291 g/mol. The lowest BCUT2D eigenvalue weighted by molar-refractivity contribution is -0.384. The minimum absolute atomic E-state index is 0.112. The van der Waals surface area contributed by atoms with Gasteiger partial charge in [0.15, 0.2) is 0 Å². The predicted molar refractivity (Wildman–Crippen MR) is 69.6 cm³/mol. The number of nitrogens with one attached hydrogen (secondary N) is 1. The van der Waals surface area contributed by atoms with E-state index >= 15 is 0 Å². The second-order valence-corrected chi connectivity index (χ2v) is 5.14. The van der Waals surface area contributed by atoms with E-state index in [1.54, 1.807) is 13.8 Å². The van der Waals surface area contributed by atoms with Gasteiger partial charge in [0.05, 0.1) is 10.5 Å². The van der Waals surface area contributed by atoms with Gasteiger partial charge in [-0.15, -0.1) is 0 Å². The first kappa shape index (κ1) is 16.7. The van der Waals surface area contributed by atoms with E-state index in [1.807, 2.05) is 0 Å². The number of benzene rings is 1. The molecule has 0 aliphatic heterocycles.